The molecule has 0 fully saturated rings. The molecule has 0 saturated heterocycles. The van der Waals surface area contributed by atoms with E-state index in [0.717, 1.165) is 38.8 Å². The summed E-state index contributed by atoms with van der Waals surface area (Å²) in [6.07, 6.45) is 0. The summed E-state index contributed by atoms with van der Waals surface area (Å²) in [7, 11) is 0. The van der Waals surface area contributed by atoms with Crippen LogP contribution in [0.15, 0.2) is 192 Å². The Bertz CT molecular complexity index is 3770. The molecule has 2 heterocycles. The number of hydrogen-bond acceptors (Lipinski definition) is 1. The van der Waals surface area contributed by atoms with Crippen LogP contribution >= 0.6 is 0 Å². The minimum atomic E-state index is 0.890. The Morgan fingerprint density at radius 3 is 1.29 bits per heavy atom. The van der Waals surface area contributed by atoms with Gasteiger partial charge in [-0.25, -0.2) is 0 Å². The Hall–Kier alpha value is -7.42. The zero-order valence-electron chi connectivity index (χ0n) is 30.3. The molecule has 0 spiro atoms. The van der Waals surface area contributed by atoms with Gasteiger partial charge in [-0.2, -0.15) is 0 Å². The van der Waals surface area contributed by atoms with E-state index < -0.39 is 0 Å². The summed E-state index contributed by atoms with van der Waals surface area (Å²) >= 11 is 0. The van der Waals surface area contributed by atoms with Crippen molar-refractivity contribution in [3.63, 3.8) is 0 Å². The zero-order valence-corrected chi connectivity index (χ0v) is 30.3. The van der Waals surface area contributed by atoms with Crippen LogP contribution < -0.4 is 0 Å². The van der Waals surface area contributed by atoms with Gasteiger partial charge in [-0.3, -0.25) is 0 Å². The number of benzene rings is 11. The van der Waals surface area contributed by atoms with Gasteiger partial charge in [-0.15, -0.1) is 0 Å². The first-order chi connectivity index (χ1) is 27.8. The first kappa shape index (κ1) is 30.0. The van der Waals surface area contributed by atoms with E-state index in [9.17, 15) is 0 Å². The van der Waals surface area contributed by atoms with Gasteiger partial charge in [0.1, 0.15) is 11.2 Å². The highest BCUT2D eigenvalue weighted by Gasteiger charge is 2.18. The molecule has 0 amide bonds. The van der Waals surface area contributed by atoms with Crippen LogP contribution in [0.1, 0.15) is 0 Å². The number of aromatic nitrogens is 1. The standard InChI is InChI=1S/C54H31NO/c1-3-14-37-35(12-1)36-13-2-4-15-38(36)47-31-49-41-26-24-32(28-45(41)39-16-5-6-17-40(39)48(49)30-46(37)47)34-20-11-21-44-50-29-33(25-27-53(50)56-54(34)44)55-51-22-9-7-18-42(51)43-19-8-10-23-52(43)55/h1-31H. The zero-order chi connectivity index (χ0) is 36.5. The van der Waals surface area contributed by atoms with E-state index >= 15 is 0 Å². The van der Waals surface area contributed by atoms with E-state index in [4.69, 9.17) is 4.42 Å². The molecule has 13 rings (SSSR count). The maximum absolute atomic E-state index is 6.77. The van der Waals surface area contributed by atoms with Crippen molar-refractivity contribution in [3.8, 4) is 16.8 Å². The summed E-state index contributed by atoms with van der Waals surface area (Å²) in [6, 6.07) is 69.0. The van der Waals surface area contributed by atoms with Crippen molar-refractivity contribution in [2.45, 2.75) is 0 Å². The van der Waals surface area contributed by atoms with E-state index in [1.165, 1.54) is 86.4 Å². The molecule has 0 unspecified atom stereocenters. The second kappa shape index (κ2) is 11.1. The highest BCUT2D eigenvalue weighted by atomic mass is 16.3. The Balaban J connectivity index is 1.04. The number of rotatable bonds is 2. The molecule has 0 atom stereocenters. The Morgan fingerprint density at radius 2 is 0.732 bits per heavy atom. The van der Waals surface area contributed by atoms with Crippen molar-refractivity contribution in [1.29, 1.82) is 0 Å². The molecule has 258 valence electrons. The monoisotopic (exact) mass is 709 g/mol. The van der Waals surface area contributed by atoms with Gasteiger partial charge in [0.05, 0.1) is 11.0 Å². The van der Waals surface area contributed by atoms with Crippen molar-refractivity contribution >= 4 is 108 Å². The van der Waals surface area contributed by atoms with Gasteiger partial charge in [-0.05, 0) is 119 Å². The number of fused-ring (bicyclic) bond motifs is 18. The Morgan fingerprint density at radius 1 is 0.286 bits per heavy atom. The maximum Gasteiger partial charge on any atom is 0.143 e. The molecule has 11 aromatic carbocycles. The van der Waals surface area contributed by atoms with E-state index in [0.29, 0.717) is 0 Å². The molecular weight excluding hydrogens is 679 g/mol. The quantitative estimate of drug-likeness (QED) is 0.129. The molecule has 0 N–H and O–H groups in total. The molecule has 2 heteroatoms. The normalized spacial score (nSPS) is 12.3. The minimum absolute atomic E-state index is 0.890. The van der Waals surface area contributed by atoms with Gasteiger partial charge in [0.15, 0.2) is 0 Å². The second-order valence-corrected chi connectivity index (χ2v) is 15.2. The second-order valence-electron chi connectivity index (χ2n) is 15.2. The lowest BCUT2D eigenvalue weighted by Crippen LogP contribution is -1.93. The van der Waals surface area contributed by atoms with Crippen LogP contribution in [0.25, 0.3) is 125 Å². The van der Waals surface area contributed by atoms with E-state index in [-0.39, 0.29) is 0 Å². The fraction of sp³-hybridized carbons (Fsp3) is 0. The fourth-order valence-corrected chi connectivity index (χ4v) is 9.87. The van der Waals surface area contributed by atoms with Gasteiger partial charge >= 0.3 is 0 Å². The van der Waals surface area contributed by atoms with Crippen molar-refractivity contribution in [3.05, 3.63) is 188 Å². The largest absolute Gasteiger partial charge is 0.455 e. The molecular formula is C54H31NO. The average Bonchev–Trinajstić information content (AvgIpc) is 3.81. The lowest BCUT2D eigenvalue weighted by atomic mass is 9.88. The van der Waals surface area contributed by atoms with Crippen molar-refractivity contribution < 1.29 is 4.42 Å². The summed E-state index contributed by atoms with van der Waals surface area (Å²) in [5.41, 5.74) is 7.57. The maximum atomic E-state index is 6.77. The van der Waals surface area contributed by atoms with Crippen LogP contribution in [0.2, 0.25) is 0 Å². The molecule has 0 radical (unpaired) electrons. The third-order valence-corrected chi connectivity index (χ3v) is 12.3. The Kier molecular flexibility index (Phi) is 5.92. The van der Waals surface area contributed by atoms with Crippen molar-refractivity contribution in [1.82, 2.24) is 4.57 Å². The Labute approximate surface area is 321 Å². The van der Waals surface area contributed by atoms with Crippen LogP contribution in [0.3, 0.4) is 0 Å². The highest BCUT2D eigenvalue weighted by molar-refractivity contribution is 6.33. The summed E-state index contributed by atoms with van der Waals surface area (Å²) < 4.78 is 9.15. The van der Waals surface area contributed by atoms with Crippen molar-refractivity contribution in [2.24, 2.45) is 0 Å². The van der Waals surface area contributed by atoms with Crippen LogP contribution in [0, 0.1) is 0 Å². The van der Waals surface area contributed by atoms with Crippen LogP contribution in [-0.4, -0.2) is 4.57 Å². The first-order valence-electron chi connectivity index (χ1n) is 19.3. The molecule has 0 saturated carbocycles. The smallest absolute Gasteiger partial charge is 0.143 e. The number of furan rings is 1. The third-order valence-electron chi connectivity index (χ3n) is 12.3. The average molecular weight is 710 g/mol. The summed E-state index contributed by atoms with van der Waals surface area (Å²) in [4.78, 5) is 0. The van der Waals surface area contributed by atoms with E-state index in [1.807, 2.05) is 0 Å². The first-order valence-corrected chi connectivity index (χ1v) is 19.3. The molecule has 56 heavy (non-hydrogen) atoms. The van der Waals surface area contributed by atoms with Gasteiger partial charge in [0, 0.05) is 32.8 Å². The van der Waals surface area contributed by atoms with Crippen LogP contribution in [0.5, 0.6) is 0 Å². The van der Waals surface area contributed by atoms with E-state index in [2.05, 4.69) is 193 Å². The lowest BCUT2D eigenvalue weighted by molar-refractivity contribution is 0.670. The molecule has 13 aromatic rings. The SMILES string of the molecule is c1cc(-c2ccc3c(c2)c2ccccc2c2cc4c5ccccc5c5ccccc5c4cc32)c2oc3ccc(-n4c5ccccc5c5ccccc54)cc3c2c1. The summed E-state index contributed by atoms with van der Waals surface area (Å²) in [6.45, 7) is 0. The van der Waals surface area contributed by atoms with Crippen LogP contribution in [-0.2, 0) is 0 Å². The van der Waals surface area contributed by atoms with Crippen LogP contribution in [0.4, 0.5) is 0 Å². The molecule has 2 aromatic heterocycles. The number of para-hydroxylation sites is 3. The van der Waals surface area contributed by atoms with Gasteiger partial charge < -0.3 is 8.98 Å². The topological polar surface area (TPSA) is 18.1 Å². The molecule has 0 aliphatic carbocycles. The lowest BCUT2D eigenvalue weighted by Gasteiger charge is -2.16. The highest BCUT2D eigenvalue weighted by Crippen LogP contribution is 2.44. The molecule has 2 nitrogen and oxygen atoms in total. The molecule has 0 aliphatic rings. The predicted octanol–water partition coefficient (Wildman–Crippen LogP) is 15.3. The predicted molar refractivity (Wildman–Crippen MR) is 239 cm³/mol. The molecule has 0 bridgehead atoms. The molecule has 0 aliphatic heterocycles. The fourth-order valence-electron chi connectivity index (χ4n) is 9.87. The summed E-state index contributed by atoms with van der Waals surface area (Å²) in [5.74, 6) is 0. The number of nitrogens with zero attached hydrogens (tertiary/aromatic N) is 1. The third kappa shape index (κ3) is 4.00. The minimum Gasteiger partial charge on any atom is -0.455 e. The van der Waals surface area contributed by atoms with Gasteiger partial charge in [-0.1, -0.05) is 140 Å². The van der Waals surface area contributed by atoms with Crippen molar-refractivity contribution in [2.75, 3.05) is 0 Å². The summed E-state index contributed by atoms with van der Waals surface area (Å²) in [5, 5.41) is 20.1. The van der Waals surface area contributed by atoms with Gasteiger partial charge in [0.2, 0.25) is 0 Å². The number of hydrogen-bond donors (Lipinski definition) is 0. The van der Waals surface area contributed by atoms with E-state index in [1.54, 1.807) is 0 Å². The van der Waals surface area contributed by atoms with Gasteiger partial charge in [0.25, 0.3) is 0 Å².